The summed E-state index contributed by atoms with van der Waals surface area (Å²) in [6.07, 6.45) is 19.9. The topological polar surface area (TPSA) is 38.0 Å². The molecule has 0 aliphatic rings. The Bertz CT molecular complexity index is 133. The van der Waals surface area contributed by atoms with Gasteiger partial charge in [0, 0.05) is 0 Å². The van der Waals surface area contributed by atoms with Gasteiger partial charge in [-0.1, -0.05) is 90.9 Å². The highest BCUT2D eigenvalue weighted by Crippen LogP contribution is 2.07. The van der Waals surface area contributed by atoms with Gasteiger partial charge in [-0.15, -0.1) is 0 Å². The molecule has 0 aromatic heterocycles. The van der Waals surface area contributed by atoms with Gasteiger partial charge in [0.25, 0.3) is 0 Å². The lowest BCUT2D eigenvalue weighted by atomic mass is 10.1. The molecule has 0 rings (SSSR count). The fourth-order valence-electron chi connectivity index (χ4n) is 2.54. The van der Waals surface area contributed by atoms with Crippen LogP contribution in [-0.4, -0.2) is 20.1 Å². The Kier molecular flexibility index (Phi) is 27.5. The Morgan fingerprint density at radius 3 is 1.10 bits per heavy atom. The first-order valence-electron chi connectivity index (χ1n) is 9.70. The van der Waals surface area contributed by atoms with Crippen molar-refractivity contribution in [2.45, 2.75) is 104 Å². The van der Waals surface area contributed by atoms with Crippen LogP contribution >= 0.6 is 0 Å². The molecular weight excluding hydrogens is 256 g/mol. The van der Waals surface area contributed by atoms with Gasteiger partial charge in [0.05, 0.1) is 0 Å². The Labute approximate surface area is 135 Å². The lowest BCUT2D eigenvalue weighted by molar-refractivity contribution is 0.537. The smallest absolute Gasteiger partial charge is 0.00489 e. The third kappa shape index (κ3) is 25.2. The van der Waals surface area contributed by atoms with Crippen LogP contribution in [0.1, 0.15) is 104 Å². The van der Waals surface area contributed by atoms with E-state index in [4.69, 9.17) is 0 Å². The monoisotopic (exact) mass is 300 g/mol. The lowest BCUT2D eigenvalue weighted by Gasteiger charge is -2.05. The van der Waals surface area contributed by atoms with E-state index in [1.54, 1.807) is 0 Å². The molecule has 21 heavy (non-hydrogen) atoms. The molecule has 0 unspecified atom stereocenters. The van der Waals surface area contributed by atoms with E-state index in [9.17, 15) is 0 Å². The van der Waals surface area contributed by atoms with E-state index in [2.05, 4.69) is 24.9 Å². The Morgan fingerprint density at radius 2 is 0.762 bits per heavy atom. The maximum absolute atomic E-state index is 4.50. The fourth-order valence-corrected chi connectivity index (χ4v) is 2.54. The SMILES string of the molecule is CCCCCCCCCNCCCCCCCCC.CN. The molecule has 0 saturated heterocycles. The second-order valence-electron chi connectivity index (χ2n) is 5.99. The van der Waals surface area contributed by atoms with Gasteiger partial charge in [0.2, 0.25) is 0 Å². The molecule has 130 valence electrons. The molecule has 0 atom stereocenters. The number of nitrogens with two attached hydrogens (primary N) is 1. The van der Waals surface area contributed by atoms with Gasteiger partial charge in [-0.3, -0.25) is 0 Å². The predicted octanol–water partition coefficient (Wildman–Crippen LogP) is 5.65. The summed E-state index contributed by atoms with van der Waals surface area (Å²) < 4.78 is 0. The molecule has 2 nitrogen and oxygen atoms in total. The maximum Gasteiger partial charge on any atom is -0.00489 e. The minimum Gasteiger partial charge on any atom is -0.333 e. The number of rotatable bonds is 16. The van der Waals surface area contributed by atoms with Crippen LogP contribution in [-0.2, 0) is 0 Å². The third-order valence-corrected chi connectivity index (χ3v) is 3.91. The van der Waals surface area contributed by atoms with Crippen molar-refractivity contribution in [2.24, 2.45) is 5.73 Å². The first-order valence-corrected chi connectivity index (χ1v) is 9.70. The van der Waals surface area contributed by atoms with Crippen LogP contribution in [0.5, 0.6) is 0 Å². The minimum absolute atomic E-state index is 1.24. The van der Waals surface area contributed by atoms with E-state index < -0.39 is 0 Å². The molecule has 0 bridgehead atoms. The summed E-state index contributed by atoms with van der Waals surface area (Å²) in [7, 11) is 1.50. The first kappa shape index (κ1) is 23.2. The quantitative estimate of drug-likeness (QED) is 0.361. The zero-order chi connectivity index (χ0) is 16.0. The summed E-state index contributed by atoms with van der Waals surface area (Å²) >= 11 is 0. The van der Waals surface area contributed by atoms with Crippen LogP contribution in [0.4, 0.5) is 0 Å². The van der Waals surface area contributed by atoms with Gasteiger partial charge >= 0.3 is 0 Å². The molecule has 0 aliphatic carbocycles. The van der Waals surface area contributed by atoms with Crippen LogP contribution in [0.15, 0.2) is 0 Å². The number of unbranched alkanes of at least 4 members (excludes halogenated alkanes) is 12. The Balaban J connectivity index is 0. The Morgan fingerprint density at radius 1 is 0.476 bits per heavy atom. The average molecular weight is 301 g/mol. The van der Waals surface area contributed by atoms with Crippen LogP contribution < -0.4 is 11.1 Å². The second kappa shape index (κ2) is 24.9. The van der Waals surface area contributed by atoms with Crippen molar-refractivity contribution >= 4 is 0 Å². The molecule has 0 aromatic rings. The van der Waals surface area contributed by atoms with Gasteiger partial charge in [-0.05, 0) is 33.0 Å². The summed E-state index contributed by atoms with van der Waals surface area (Å²) in [5.74, 6) is 0. The van der Waals surface area contributed by atoms with E-state index in [1.165, 1.54) is 110 Å². The van der Waals surface area contributed by atoms with Crippen LogP contribution in [0, 0.1) is 0 Å². The van der Waals surface area contributed by atoms with Gasteiger partial charge in [0.15, 0.2) is 0 Å². The second-order valence-corrected chi connectivity index (χ2v) is 5.99. The van der Waals surface area contributed by atoms with Gasteiger partial charge in [-0.25, -0.2) is 0 Å². The van der Waals surface area contributed by atoms with Gasteiger partial charge < -0.3 is 11.1 Å². The predicted molar refractivity (Wildman–Crippen MR) is 99.0 cm³/mol. The zero-order valence-corrected chi connectivity index (χ0v) is 15.4. The summed E-state index contributed by atoms with van der Waals surface area (Å²) in [4.78, 5) is 0. The first-order chi connectivity index (χ1) is 10.4. The maximum atomic E-state index is 4.50. The molecule has 0 fully saturated rings. The summed E-state index contributed by atoms with van der Waals surface area (Å²) in [5.41, 5.74) is 4.50. The average Bonchev–Trinajstić information content (AvgIpc) is 2.53. The molecule has 0 radical (unpaired) electrons. The summed E-state index contributed by atoms with van der Waals surface area (Å²) in [6.45, 7) is 7.05. The standard InChI is InChI=1S/C18H39N.CH5N/c1-3-5-7-9-11-13-15-17-19-18-16-14-12-10-8-6-4-2;1-2/h19H,3-18H2,1-2H3;2H2,1H3. The molecule has 2 heteroatoms. The van der Waals surface area contributed by atoms with E-state index in [0.717, 1.165) is 0 Å². The highest BCUT2D eigenvalue weighted by Gasteiger charge is 1.93. The number of hydrogen-bond donors (Lipinski definition) is 2. The van der Waals surface area contributed by atoms with Crippen molar-refractivity contribution < 1.29 is 0 Å². The van der Waals surface area contributed by atoms with Crippen molar-refractivity contribution in [1.29, 1.82) is 0 Å². The van der Waals surface area contributed by atoms with Crippen LogP contribution in [0.3, 0.4) is 0 Å². The van der Waals surface area contributed by atoms with Crippen LogP contribution in [0.25, 0.3) is 0 Å². The molecule has 0 aliphatic heterocycles. The van der Waals surface area contributed by atoms with Crippen molar-refractivity contribution in [1.82, 2.24) is 5.32 Å². The highest BCUT2D eigenvalue weighted by atomic mass is 14.8. The molecule has 0 saturated carbocycles. The highest BCUT2D eigenvalue weighted by molar-refractivity contribution is 4.51. The normalized spacial score (nSPS) is 10.3. The van der Waals surface area contributed by atoms with Crippen molar-refractivity contribution in [3.63, 3.8) is 0 Å². The number of hydrogen-bond acceptors (Lipinski definition) is 2. The van der Waals surface area contributed by atoms with E-state index >= 15 is 0 Å². The largest absolute Gasteiger partial charge is 0.333 e. The van der Waals surface area contributed by atoms with Crippen molar-refractivity contribution in [3.8, 4) is 0 Å². The van der Waals surface area contributed by atoms with Crippen LogP contribution in [0.2, 0.25) is 0 Å². The number of nitrogens with one attached hydrogen (secondary N) is 1. The lowest BCUT2D eigenvalue weighted by Crippen LogP contribution is -2.16. The molecule has 3 N–H and O–H groups in total. The Hall–Kier alpha value is -0.0800. The van der Waals surface area contributed by atoms with Crippen molar-refractivity contribution in [3.05, 3.63) is 0 Å². The van der Waals surface area contributed by atoms with Gasteiger partial charge in [-0.2, -0.15) is 0 Å². The molecule has 0 heterocycles. The third-order valence-electron chi connectivity index (χ3n) is 3.91. The molecule has 0 aromatic carbocycles. The summed E-state index contributed by atoms with van der Waals surface area (Å²) in [6, 6.07) is 0. The van der Waals surface area contributed by atoms with Gasteiger partial charge in [0.1, 0.15) is 0 Å². The summed E-state index contributed by atoms with van der Waals surface area (Å²) in [5, 5.41) is 3.59. The van der Waals surface area contributed by atoms with E-state index in [0.29, 0.717) is 0 Å². The van der Waals surface area contributed by atoms with Crippen molar-refractivity contribution in [2.75, 3.05) is 20.1 Å². The minimum atomic E-state index is 1.24. The molecule has 0 spiro atoms. The zero-order valence-electron chi connectivity index (χ0n) is 15.4. The fraction of sp³-hybridized carbons (Fsp3) is 1.00. The molecule has 0 amide bonds. The van der Waals surface area contributed by atoms with E-state index in [1.807, 2.05) is 0 Å². The van der Waals surface area contributed by atoms with E-state index in [-0.39, 0.29) is 0 Å². The molecular formula is C19H44N2.